The van der Waals surface area contributed by atoms with Crippen LogP contribution in [-0.4, -0.2) is 79.5 Å². The van der Waals surface area contributed by atoms with Gasteiger partial charge in [0.2, 0.25) is 0 Å². The molecule has 4 amide bonds. The number of primary amides is 1. The van der Waals surface area contributed by atoms with Crippen molar-refractivity contribution < 1.29 is 41.1 Å². The summed E-state index contributed by atoms with van der Waals surface area (Å²) in [5.74, 6) is -2.27. The number of ether oxygens (including phenoxy) is 1. The van der Waals surface area contributed by atoms with Crippen molar-refractivity contribution in [2.45, 2.75) is 142 Å². The maximum Gasteiger partial charge on any atom is 0.407 e. The number of halogens is 1. The predicted molar refractivity (Wildman–Crippen MR) is 209 cm³/mol. The number of hydrogen-bond donors (Lipinski definition) is 3. The van der Waals surface area contributed by atoms with Crippen LogP contribution in [0.25, 0.3) is 11.0 Å². The highest BCUT2D eigenvalue weighted by Crippen LogP contribution is 2.48. The molecule has 3 fully saturated rings. The number of rotatable bonds is 12. The molecule has 1 unspecified atom stereocenters. The Hall–Kier alpha value is -3.56. The van der Waals surface area contributed by atoms with E-state index in [9.17, 15) is 27.2 Å². The summed E-state index contributed by atoms with van der Waals surface area (Å²) in [6, 6.07) is 4.25. The van der Waals surface area contributed by atoms with E-state index in [2.05, 4.69) is 10.0 Å². The average molecular weight is 791 g/mol. The number of alkyl carbamates (subject to hydrolysis) is 1. The van der Waals surface area contributed by atoms with Crippen molar-refractivity contribution in [3.63, 3.8) is 0 Å². The molecule has 3 aliphatic rings. The molecule has 5 rings (SSSR count). The number of fused-ring (bicyclic) bond motifs is 1. The van der Waals surface area contributed by atoms with Crippen molar-refractivity contribution in [2.24, 2.45) is 29.4 Å². The van der Waals surface area contributed by atoms with Gasteiger partial charge in [-0.3, -0.25) is 9.59 Å². The van der Waals surface area contributed by atoms with E-state index >= 15 is 4.79 Å². The molecule has 55 heavy (non-hydrogen) atoms. The number of hydrogen-bond acceptors (Lipinski definition) is 8. The molecule has 2 aromatic rings. The van der Waals surface area contributed by atoms with Crippen LogP contribution < -0.4 is 20.3 Å². The number of nitrogens with two attached hydrogens (primary N) is 1. The number of amides is 4. The molecular weight excluding hydrogens is 730 g/mol. The lowest BCUT2D eigenvalue weighted by Gasteiger charge is -2.42. The molecule has 0 spiro atoms. The Bertz CT molecular complexity index is 1820. The van der Waals surface area contributed by atoms with Crippen LogP contribution >= 0.6 is 0 Å². The van der Waals surface area contributed by atoms with Crippen LogP contribution in [0.3, 0.4) is 0 Å². The average Bonchev–Trinajstić information content (AvgIpc) is 3.72. The van der Waals surface area contributed by atoms with Crippen LogP contribution in [0.2, 0.25) is 0 Å². The van der Waals surface area contributed by atoms with E-state index in [0.717, 1.165) is 32.1 Å². The van der Waals surface area contributed by atoms with Gasteiger partial charge >= 0.3 is 28.1 Å². The molecule has 0 radical (unpaired) electrons. The third-order valence-corrected chi connectivity index (χ3v) is 13.7. The van der Waals surface area contributed by atoms with Gasteiger partial charge in [-0.15, -0.1) is 0 Å². The molecule has 2 heterocycles. The molecule has 1 aliphatic heterocycles. The standard InChI is InChI=1S/C40H60FN5O8S/c1-24(2)45(25(3)4)55(51,52)44-37(48)34-22-29-21-30(17-18-33(29)53-34)46(20-19-31(35(46)36(42)47)26-11-9-8-10-12-26)38(49)28-15-13-27(14-16-28)32(23-41)43-39(50)54-40(5,6)7/h17-18,21-22,24-28,31-32,35H,8-16,19-20,23H2,1-7H3,(H3-,42,43,44,47,48,50)/p+1/t27-,28-,31-,32+,35-,46?/m0/s1. The highest BCUT2D eigenvalue weighted by molar-refractivity contribution is 7.87. The van der Waals surface area contributed by atoms with Crippen LogP contribution in [0.1, 0.15) is 123 Å². The summed E-state index contributed by atoms with van der Waals surface area (Å²) in [5.41, 5.74) is 6.44. The quantitative estimate of drug-likeness (QED) is 0.205. The van der Waals surface area contributed by atoms with Crippen molar-refractivity contribution in [3.8, 4) is 0 Å². The highest BCUT2D eigenvalue weighted by atomic mass is 32.2. The molecule has 1 saturated heterocycles. The summed E-state index contributed by atoms with van der Waals surface area (Å²) >= 11 is 0. The zero-order valence-electron chi connectivity index (χ0n) is 33.4. The van der Waals surface area contributed by atoms with E-state index in [1.54, 1.807) is 66.7 Å². The third kappa shape index (κ3) is 9.20. The van der Waals surface area contributed by atoms with Crippen LogP contribution in [0.15, 0.2) is 28.7 Å². The Morgan fingerprint density at radius 2 is 1.60 bits per heavy atom. The molecule has 1 aromatic heterocycles. The van der Waals surface area contributed by atoms with Gasteiger partial charge in [-0.05, 0) is 111 Å². The first-order valence-corrected chi connectivity index (χ1v) is 21.4. The Kier molecular flexibility index (Phi) is 13.1. The molecule has 1 aromatic carbocycles. The molecular formula is C40H61FN5O8S+. The minimum atomic E-state index is -4.19. The SMILES string of the molecule is CC(C)N(C(C)C)S(=O)(=O)NC(=O)c1cc2cc([N+]3(C(=O)[C@H]4CC[C@H]([C@@H](CF)NC(=O)OC(C)(C)C)CC4)CC[C@@H](C4CCCCC4)[C@H]3C(N)=O)ccc2o1. The minimum Gasteiger partial charge on any atom is -0.451 e. The summed E-state index contributed by atoms with van der Waals surface area (Å²) in [4.78, 5) is 54.6. The molecule has 15 heteroatoms. The smallest absolute Gasteiger partial charge is 0.407 e. The maximum atomic E-state index is 15.2. The zero-order valence-corrected chi connectivity index (χ0v) is 34.3. The van der Waals surface area contributed by atoms with Crippen LogP contribution in [0, 0.1) is 23.7 Å². The number of alkyl halides is 1. The van der Waals surface area contributed by atoms with Crippen molar-refractivity contribution in [3.05, 3.63) is 30.0 Å². The Morgan fingerprint density at radius 1 is 0.964 bits per heavy atom. The normalized spacial score (nSPS) is 26.0. The number of nitrogens with one attached hydrogen (secondary N) is 2. The number of nitrogens with zero attached hydrogens (tertiary/aromatic N) is 2. The van der Waals surface area contributed by atoms with Gasteiger partial charge in [0.05, 0.1) is 18.5 Å². The zero-order chi connectivity index (χ0) is 40.5. The third-order valence-electron chi connectivity index (χ3n) is 11.9. The topological polar surface area (TPSA) is 178 Å². The van der Waals surface area contributed by atoms with Gasteiger partial charge in [-0.2, -0.15) is 12.7 Å². The number of quaternary nitrogens is 1. The van der Waals surface area contributed by atoms with Gasteiger partial charge in [-0.1, -0.05) is 19.3 Å². The van der Waals surface area contributed by atoms with Gasteiger partial charge in [0, 0.05) is 41.9 Å². The van der Waals surface area contributed by atoms with E-state index in [-0.39, 0.29) is 33.9 Å². The van der Waals surface area contributed by atoms with Crippen molar-refractivity contribution in [2.75, 3.05) is 13.2 Å². The molecule has 0 bridgehead atoms. The molecule has 4 N–H and O–H groups in total. The van der Waals surface area contributed by atoms with Crippen LogP contribution in [0.5, 0.6) is 0 Å². The van der Waals surface area contributed by atoms with Gasteiger partial charge in [0.1, 0.15) is 23.5 Å². The fourth-order valence-electron chi connectivity index (χ4n) is 9.72. The summed E-state index contributed by atoms with van der Waals surface area (Å²) in [6.45, 7) is 11.7. The van der Waals surface area contributed by atoms with Crippen molar-refractivity contribution in [1.29, 1.82) is 0 Å². The van der Waals surface area contributed by atoms with E-state index in [1.165, 1.54) is 10.4 Å². The van der Waals surface area contributed by atoms with Gasteiger partial charge < -0.3 is 20.2 Å². The monoisotopic (exact) mass is 790 g/mol. The predicted octanol–water partition coefficient (Wildman–Crippen LogP) is 6.48. The minimum absolute atomic E-state index is 0.0940. The van der Waals surface area contributed by atoms with Gasteiger partial charge in [-0.25, -0.2) is 23.2 Å². The Labute approximate surface area is 325 Å². The number of carbonyl (C=O) groups excluding carboxylic acids is 4. The fourth-order valence-corrected chi connectivity index (χ4v) is 11.3. The summed E-state index contributed by atoms with van der Waals surface area (Å²) in [7, 11) is -4.19. The number of likely N-dealkylation sites (tertiary alicyclic amines) is 1. The maximum absolute atomic E-state index is 15.2. The van der Waals surface area contributed by atoms with E-state index in [1.807, 2.05) is 0 Å². The first-order chi connectivity index (χ1) is 25.8. The Balaban J connectivity index is 1.46. The van der Waals surface area contributed by atoms with Crippen LogP contribution in [0.4, 0.5) is 14.9 Å². The van der Waals surface area contributed by atoms with E-state index in [4.69, 9.17) is 14.9 Å². The lowest BCUT2D eigenvalue weighted by atomic mass is 9.75. The van der Waals surface area contributed by atoms with Crippen molar-refractivity contribution >= 4 is 50.7 Å². The first kappa shape index (κ1) is 42.6. The number of furan rings is 1. The second-order valence-corrected chi connectivity index (χ2v) is 19.0. The van der Waals surface area contributed by atoms with E-state index in [0.29, 0.717) is 55.3 Å². The molecule has 4 atom stereocenters. The molecule has 2 saturated carbocycles. The number of carbonyl (C=O) groups is 4. The molecule has 13 nitrogen and oxygen atoms in total. The largest absolute Gasteiger partial charge is 0.451 e. The van der Waals surface area contributed by atoms with E-state index < -0.39 is 70.5 Å². The van der Waals surface area contributed by atoms with Gasteiger partial charge in [0.25, 0.3) is 5.91 Å². The molecule has 2 aliphatic carbocycles. The number of benzene rings is 1. The second-order valence-electron chi connectivity index (χ2n) is 17.4. The lowest BCUT2D eigenvalue weighted by molar-refractivity contribution is -0.142. The summed E-state index contributed by atoms with van der Waals surface area (Å²) in [6.07, 6.45) is 7.05. The van der Waals surface area contributed by atoms with Gasteiger partial charge in [0.15, 0.2) is 11.8 Å². The Morgan fingerprint density at radius 3 is 2.16 bits per heavy atom. The summed E-state index contributed by atoms with van der Waals surface area (Å²) < 4.78 is 54.9. The first-order valence-electron chi connectivity index (χ1n) is 20.0. The summed E-state index contributed by atoms with van der Waals surface area (Å²) in [5, 5.41) is 3.16. The van der Waals surface area contributed by atoms with Crippen molar-refractivity contribution in [1.82, 2.24) is 18.8 Å². The second kappa shape index (κ2) is 16.9. The van der Waals surface area contributed by atoms with Crippen LogP contribution in [-0.2, 0) is 24.5 Å². The highest BCUT2D eigenvalue weighted by Gasteiger charge is 2.60. The molecule has 306 valence electrons. The fraction of sp³-hybridized carbons (Fsp3) is 0.700. The lowest BCUT2D eigenvalue weighted by Crippen LogP contribution is -2.65.